The zero-order valence-corrected chi connectivity index (χ0v) is 10.8. The van der Waals surface area contributed by atoms with Crippen molar-refractivity contribution >= 4 is 0 Å². The number of methoxy groups -OCH3 is 1. The van der Waals surface area contributed by atoms with Crippen LogP contribution in [0.15, 0.2) is 30.6 Å². The van der Waals surface area contributed by atoms with E-state index in [1.54, 1.807) is 7.11 Å². The highest BCUT2D eigenvalue weighted by molar-refractivity contribution is 5.64. The van der Waals surface area contributed by atoms with E-state index in [0.717, 1.165) is 16.9 Å². The van der Waals surface area contributed by atoms with Crippen LogP contribution in [0.5, 0.6) is 5.75 Å². The van der Waals surface area contributed by atoms with Crippen molar-refractivity contribution in [2.24, 2.45) is 0 Å². The molecule has 1 aromatic heterocycles. The van der Waals surface area contributed by atoms with E-state index in [-0.39, 0.29) is 0 Å². The Morgan fingerprint density at radius 1 is 1.24 bits per heavy atom. The number of aromatic nitrogens is 2. The van der Waals surface area contributed by atoms with Crippen LogP contribution in [0, 0.1) is 6.92 Å². The van der Waals surface area contributed by atoms with E-state index in [0.29, 0.717) is 6.04 Å². The Morgan fingerprint density at radius 2 is 2.00 bits per heavy atom. The summed E-state index contributed by atoms with van der Waals surface area (Å²) in [5.41, 5.74) is 3.46. The highest BCUT2D eigenvalue weighted by Crippen LogP contribution is 2.26. The van der Waals surface area contributed by atoms with Gasteiger partial charge in [-0.3, -0.25) is 4.68 Å². The van der Waals surface area contributed by atoms with Crippen molar-refractivity contribution in [3.8, 4) is 16.9 Å². The van der Waals surface area contributed by atoms with Crippen molar-refractivity contribution in [1.82, 2.24) is 9.78 Å². The molecule has 0 aliphatic heterocycles. The Labute approximate surface area is 102 Å². The highest BCUT2D eigenvalue weighted by atomic mass is 16.5. The first-order valence-electron chi connectivity index (χ1n) is 5.81. The van der Waals surface area contributed by atoms with Crippen LogP contribution in [-0.2, 0) is 0 Å². The van der Waals surface area contributed by atoms with Crippen LogP contribution >= 0.6 is 0 Å². The molecule has 0 aliphatic rings. The van der Waals surface area contributed by atoms with E-state index in [1.165, 1.54) is 5.56 Å². The zero-order chi connectivity index (χ0) is 12.4. The minimum Gasteiger partial charge on any atom is -0.496 e. The van der Waals surface area contributed by atoms with E-state index in [1.807, 2.05) is 16.9 Å². The molecule has 0 amide bonds. The Bertz CT molecular complexity index is 515. The van der Waals surface area contributed by atoms with Gasteiger partial charge in [0, 0.05) is 17.8 Å². The van der Waals surface area contributed by atoms with Gasteiger partial charge in [0.05, 0.1) is 13.3 Å². The lowest BCUT2D eigenvalue weighted by Crippen LogP contribution is -1.99. The summed E-state index contributed by atoms with van der Waals surface area (Å²) < 4.78 is 7.23. The van der Waals surface area contributed by atoms with Crippen LogP contribution in [0.25, 0.3) is 11.1 Å². The second kappa shape index (κ2) is 4.62. The molecule has 0 fully saturated rings. The highest BCUT2D eigenvalue weighted by Gasteiger charge is 2.06. The summed E-state index contributed by atoms with van der Waals surface area (Å²) in [6.45, 7) is 6.29. The SMILES string of the molecule is COc1ccc(-c2cnn(C(C)C)c2)cc1C. The summed E-state index contributed by atoms with van der Waals surface area (Å²) in [5, 5.41) is 4.35. The van der Waals surface area contributed by atoms with Gasteiger partial charge in [-0.1, -0.05) is 6.07 Å². The van der Waals surface area contributed by atoms with E-state index in [2.05, 4.69) is 44.2 Å². The molecule has 0 atom stereocenters. The Balaban J connectivity index is 2.36. The Morgan fingerprint density at radius 3 is 2.53 bits per heavy atom. The quantitative estimate of drug-likeness (QED) is 0.807. The molecule has 0 aliphatic carbocycles. The van der Waals surface area contributed by atoms with Crippen molar-refractivity contribution in [2.75, 3.05) is 7.11 Å². The third-order valence-electron chi connectivity index (χ3n) is 2.86. The van der Waals surface area contributed by atoms with Gasteiger partial charge < -0.3 is 4.74 Å². The molecule has 3 nitrogen and oxygen atoms in total. The maximum absolute atomic E-state index is 5.26. The van der Waals surface area contributed by atoms with Crippen molar-refractivity contribution < 1.29 is 4.74 Å². The molecule has 0 N–H and O–H groups in total. The van der Waals surface area contributed by atoms with Gasteiger partial charge >= 0.3 is 0 Å². The van der Waals surface area contributed by atoms with Gasteiger partial charge in [0.2, 0.25) is 0 Å². The smallest absolute Gasteiger partial charge is 0.121 e. The Hall–Kier alpha value is -1.77. The third kappa shape index (κ3) is 2.33. The molecule has 2 aromatic rings. The standard InChI is InChI=1S/C14H18N2O/c1-10(2)16-9-13(8-15-16)12-5-6-14(17-4)11(3)7-12/h5-10H,1-4H3. The van der Waals surface area contributed by atoms with Crippen LogP contribution in [0.1, 0.15) is 25.5 Å². The summed E-state index contributed by atoms with van der Waals surface area (Å²) in [5.74, 6) is 0.921. The predicted octanol–water partition coefficient (Wildman–Crippen LogP) is 3.45. The second-order valence-corrected chi connectivity index (χ2v) is 4.49. The Kier molecular flexibility index (Phi) is 3.18. The summed E-state index contributed by atoms with van der Waals surface area (Å²) in [6, 6.07) is 6.58. The largest absolute Gasteiger partial charge is 0.496 e. The van der Waals surface area contributed by atoms with Gasteiger partial charge in [-0.25, -0.2) is 0 Å². The van der Waals surface area contributed by atoms with E-state index in [4.69, 9.17) is 4.74 Å². The average molecular weight is 230 g/mol. The molecular formula is C14H18N2O. The molecule has 17 heavy (non-hydrogen) atoms. The maximum atomic E-state index is 5.26. The molecule has 0 unspecified atom stereocenters. The average Bonchev–Trinajstić information content (AvgIpc) is 2.78. The number of rotatable bonds is 3. The molecule has 0 saturated heterocycles. The van der Waals surface area contributed by atoms with E-state index < -0.39 is 0 Å². The second-order valence-electron chi connectivity index (χ2n) is 4.49. The lowest BCUT2D eigenvalue weighted by Gasteiger charge is -2.06. The number of hydrogen-bond donors (Lipinski definition) is 0. The maximum Gasteiger partial charge on any atom is 0.121 e. The first-order valence-corrected chi connectivity index (χ1v) is 5.81. The van der Waals surface area contributed by atoms with E-state index in [9.17, 15) is 0 Å². The predicted molar refractivity (Wildman–Crippen MR) is 69.3 cm³/mol. The van der Waals surface area contributed by atoms with Crippen LogP contribution in [0.2, 0.25) is 0 Å². The van der Waals surface area contributed by atoms with Crippen LogP contribution in [0.4, 0.5) is 0 Å². The lowest BCUT2D eigenvalue weighted by molar-refractivity contribution is 0.412. The van der Waals surface area contributed by atoms with Gasteiger partial charge in [-0.2, -0.15) is 5.10 Å². The molecule has 0 spiro atoms. The molecule has 0 radical (unpaired) electrons. The van der Waals surface area contributed by atoms with Crippen LogP contribution in [-0.4, -0.2) is 16.9 Å². The van der Waals surface area contributed by atoms with Crippen LogP contribution < -0.4 is 4.74 Å². The molecular weight excluding hydrogens is 212 g/mol. The van der Waals surface area contributed by atoms with Crippen LogP contribution in [0.3, 0.4) is 0 Å². The number of nitrogens with zero attached hydrogens (tertiary/aromatic N) is 2. The minimum atomic E-state index is 0.392. The number of ether oxygens (including phenoxy) is 1. The third-order valence-corrected chi connectivity index (χ3v) is 2.86. The van der Waals surface area contributed by atoms with Gasteiger partial charge in [0.15, 0.2) is 0 Å². The molecule has 0 saturated carbocycles. The molecule has 0 bridgehead atoms. The number of benzene rings is 1. The van der Waals surface area contributed by atoms with Crippen molar-refractivity contribution in [3.05, 3.63) is 36.2 Å². The first kappa shape index (κ1) is 11.7. The molecule has 90 valence electrons. The fourth-order valence-corrected chi connectivity index (χ4v) is 1.83. The van der Waals surface area contributed by atoms with Crippen molar-refractivity contribution in [1.29, 1.82) is 0 Å². The molecule has 2 rings (SSSR count). The number of aryl methyl sites for hydroxylation is 1. The fraction of sp³-hybridized carbons (Fsp3) is 0.357. The summed E-state index contributed by atoms with van der Waals surface area (Å²) in [4.78, 5) is 0. The summed E-state index contributed by atoms with van der Waals surface area (Å²) in [7, 11) is 1.69. The monoisotopic (exact) mass is 230 g/mol. The minimum absolute atomic E-state index is 0.392. The lowest BCUT2D eigenvalue weighted by atomic mass is 10.1. The topological polar surface area (TPSA) is 27.1 Å². The van der Waals surface area contributed by atoms with Gasteiger partial charge in [0.25, 0.3) is 0 Å². The first-order chi connectivity index (χ1) is 8.11. The van der Waals surface area contributed by atoms with Gasteiger partial charge in [0.1, 0.15) is 5.75 Å². The van der Waals surface area contributed by atoms with Crippen molar-refractivity contribution in [2.45, 2.75) is 26.8 Å². The zero-order valence-electron chi connectivity index (χ0n) is 10.8. The molecule has 1 heterocycles. The van der Waals surface area contributed by atoms with Gasteiger partial charge in [-0.05, 0) is 44.0 Å². The van der Waals surface area contributed by atoms with Gasteiger partial charge in [-0.15, -0.1) is 0 Å². The van der Waals surface area contributed by atoms with E-state index >= 15 is 0 Å². The summed E-state index contributed by atoms with van der Waals surface area (Å²) in [6.07, 6.45) is 3.98. The number of hydrogen-bond acceptors (Lipinski definition) is 2. The molecule has 3 heteroatoms. The normalized spacial score (nSPS) is 10.9. The fourth-order valence-electron chi connectivity index (χ4n) is 1.83. The molecule has 1 aromatic carbocycles. The summed E-state index contributed by atoms with van der Waals surface area (Å²) >= 11 is 0. The van der Waals surface area contributed by atoms with Crippen molar-refractivity contribution in [3.63, 3.8) is 0 Å².